The van der Waals surface area contributed by atoms with Gasteiger partial charge in [0.15, 0.2) is 5.96 Å². The molecule has 124 valence electrons. The fraction of sp³-hybridized carbons (Fsp3) is 0.588. The summed E-state index contributed by atoms with van der Waals surface area (Å²) in [5.41, 5.74) is 2.68. The standard InChI is InChI=1S/C17H30N4S/c1-18-17(19-11-7-8-12-22-4)20-13-15-9-5-6-10-16(15)14-21(2)3/h5-6,9-10H,7-8,11-14H2,1-4H3,(H2,18,19,20). The summed E-state index contributed by atoms with van der Waals surface area (Å²) in [5, 5.41) is 6.78. The Morgan fingerprint density at radius 3 is 2.50 bits per heavy atom. The van der Waals surface area contributed by atoms with Crippen LogP contribution >= 0.6 is 11.8 Å². The fourth-order valence-electron chi connectivity index (χ4n) is 2.20. The predicted molar refractivity (Wildman–Crippen MR) is 99.7 cm³/mol. The molecular formula is C17H30N4S. The van der Waals surface area contributed by atoms with Crippen molar-refractivity contribution in [2.45, 2.75) is 25.9 Å². The number of hydrogen-bond donors (Lipinski definition) is 2. The van der Waals surface area contributed by atoms with Crippen LogP contribution in [0.1, 0.15) is 24.0 Å². The second kappa shape index (κ2) is 11.4. The molecular weight excluding hydrogens is 292 g/mol. The maximum absolute atomic E-state index is 4.29. The maximum atomic E-state index is 4.29. The van der Waals surface area contributed by atoms with Crippen LogP contribution in [0.15, 0.2) is 29.3 Å². The van der Waals surface area contributed by atoms with E-state index in [0.29, 0.717) is 0 Å². The van der Waals surface area contributed by atoms with Crippen molar-refractivity contribution in [1.29, 1.82) is 0 Å². The summed E-state index contributed by atoms with van der Waals surface area (Å²) in [6, 6.07) is 8.56. The van der Waals surface area contributed by atoms with Crippen molar-refractivity contribution in [3.63, 3.8) is 0 Å². The normalized spacial score (nSPS) is 11.8. The van der Waals surface area contributed by atoms with Crippen molar-refractivity contribution in [2.75, 3.05) is 39.7 Å². The molecule has 0 heterocycles. The summed E-state index contributed by atoms with van der Waals surface area (Å²) < 4.78 is 0. The van der Waals surface area contributed by atoms with Gasteiger partial charge in [-0.1, -0.05) is 24.3 Å². The summed E-state index contributed by atoms with van der Waals surface area (Å²) in [6.45, 7) is 2.73. The van der Waals surface area contributed by atoms with Crippen LogP contribution in [-0.2, 0) is 13.1 Å². The van der Waals surface area contributed by atoms with Gasteiger partial charge in [-0.05, 0) is 50.1 Å². The van der Waals surface area contributed by atoms with Gasteiger partial charge in [0.1, 0.15) is 0 Å². The first kappa shape index (κ1) is 18.8. The molecule has 0 atom stereocenters. The van der Waals surface area contributed by atoms with Crippen LogP contribution in [0.2, 0.25) is 0 Å². The van der Waals surface area contributed by atoms with E-state index in [9.17, 15) is 0 Å². The minimum atomic E-state index is 0.800. The molecule has 0 aliphatic rings. The molecule has 1 rings (SSSR count). The molecule has 0 fully saturated rings. The topological polar surface area (TPSA) is 39.7 Å². The quantitative estimate of drug-likeness (QED) is 0.416. The molecule has 22 heavy (non-hydrogen) atoms. The van der Waals surface area contributed by atoms with E-state index in [4.69, 9.17) is 0 Å². The fourth-order valence-corrected chi connectivity index (χ4v) is 2.70. The zero-order valence-electron chi connectivity index (χ0n) is 14.4. The van der Waals surface area contributed by atoms with Crippen molar-refractivity contribution in [2.24, 2.45) is 4.99 Å². The van der Waals surface area contributed by atoms with Crippen molar-refractivity contribution in [1.82, 2.24) is 15.5 Å². The average Bonchev–Trinajstić information content (AvgIpc) is 2.51. The lowest BCUT2D eigenvalue weighted by molar-refractivity contribution is 0.400. The lowest BCUT2D eigenvalue weighted by Gasteiger charge is -2.16. The van der Waals surface area contributed by atoms with Crippen LogP contribution in [0.25, 0.3) is 0 Å². The first-order valence-electron chi connectivity index (χ1n) is 7.82. The highest BCUT2D eigenvalue weighted by molar-refractivity contribution is 7.98. The highest BCUT2D eigenvalue weighted by atomic mass is 32.2. The number of unbranched alkanes of at least 4 members (excludes halogenated alkanes) is 1. The summed E-state index contributed by atoms with van der Waals surface area (Å²) in [6.07, 6.45) is 4.58. The van der Waals surface area contributed by atoms with Gasteiger partial charge >= 0.3 is 0 Å². The van der Waals surface area contributed by atoms with E-state index in [1.807, 2.05) is 18.8 Å². The van der Waals surface area contributed by atoms with Gasteiger partial charge < -0.3 is 15.5 Å². The van der Waals surface area contributed by atoms with E-state index >= 15 is 0 Å². The smallest absolute Gasteiger partial charge is 0.191 e. The number of nitrogens with one attached hydrogen (secondary N) is 2. The van der Waals surface area contributed by atoms with Gasteiger partial charge in [-0.3, -0.25) is 4.99 Å². The number of nitrogens with zero attached hydrogens (tertiary/aromatic N) is 2. The Hall–Kier alpha value is -1.20. The van der Waals surface area contributed by atoms with Crippen LogP contribution in [0.4, 0.5) is 0 Å². The summed E-state index contributed by atoms with van der Waals surface area (Å²) in [5.74, 6) is 2.11. The second-order valence-electron chi connectivity index (χ2n) is 5.56. The molecule has 0 bridgehead atoms. The third-order valence-electron chi connectivity index (χ3n) is 3.34. The van der Waals surface area contributed by atoms with E-state index in [1.165, 1.54) is 29.7 Å². The molecule has 2 N–H and O–H groups in total. The van der Waals surface area contributed by atoms with Crippen molar-refractivity contribution < 1.29 is 0 Å². The predicted octanol–water partition coefficient (Wildman–Crippen LogP) is 2.56. The maximum Gasteiger partial charge on any atom is 0.191 e. The van der Waals surface area contributed by atoms with Crippen LogP contribution in [0, 0.1) is 0 Å². The molecule has 0 aliphatic carbocycles. The molecule has 0 spiro atoms. The van der Waals surface area contributed by atoms with Crippen LogP contribution < -0.4 is 10.6 Å². The highest BCUT2D eigenvalue weighted by Crippen LogP contribution is 2.10. The largest absolute Gasteiger partial charge is 0.356 e. The number of aliphatic imine (C=N–C) groups is 1. The number of rotatable bonds is 9. The SMILES string of the molecule is CN=C(NCCCCSC)NCc1ccccc1CN(C)C. The lowest BCUT2D eigenvalue weighted by Crippen LogP contribution is -2.37. The number of thioether (sulfide) groups is 1. The molecule has 0 saturated heterocycles. The molecule has 0 radical (unpaired) electrons. The number of benzene rings is 1. The van der Waals surface area contributed by atoms with Gasteiger partial charge in [-0.25, -0.2) is 0 Å². The van der Waals surface area contributed by atoms with Crippen LogP contribution in [0.3, 0.4) is 0 Å². The third kappa shape index (κ3) is 7.71. The van der Waals surface area contributed by atoms with Gasteiger partial charge in [0.2, 0.25) is 0 Å². The summed E-state index contributed by atoms with van der Waals surface area (Å²) in [4.78, 5) is 6.48. The minimum absolute atomic E-state index is 0.800. The number of hydrogen-bond acceptors (Lipinski definition) is 3. The van der Waals surface area contributed by atoms with E-state index in [0.717, 1.165) is 25.6 Å². The van der Waals surface area contributed by atoms with Crippen molar-refractivity contribution in [3.05, 3.63) is 35.4 Å². The lowest BCUT2D eigenvalue weighted by atomic mass is 10.1. The van der Waals surface area contributed by atoms with E-state index in [-0.39, 0.29) is 0 Å². The number of guanidine groups is 1. The molecule has 1 aromatic rings. The zero-order valence-corrected chi connectivity index (χ0v) is 15.2. The van der Waals surface area contributed by atoms with Gasteiger partial charge in [-0.15, -0.1) is 0 Å². The van der Waals surface area contributed by atoms with Crippen molar-refractivity contribution >= 4 is 17.7 Å². The molecule has 4 nitrogen and oxygen atoms in total. The van der Waals surface area contributed by atoms with Crippen molar-refractivity contribution in [3.8, 4) is 0 Å². The highest BCUT2D eigenvalue weighted by Gasteiger charge is 2.04. The van der Waals surface area contributed by atoms with Crippen LogP contribution in [0.5, 0.6) is 0 Å². The van der Waals surface area contributed by atoms with Gasteiger partial charge in [0, 0.05) is 26.7 Å². The first-order valence-corrected chi connectivity index (χ1v) is 9.21. The minimum Gasteiger partial charge on any atom is -0.356 e. The Morgan fingerprint density at radius 2 is 1.86 bits per heavy atom. The molecule has 5 heteroatoms. The summed E-state index contributed by atoms with van der Waals surface area (Å²) >= 11 is 1.90. The molecule has 1 aromatic carbocycles. The molecule has 0 saturated carbocycles. The monoisotopic (exact) mass is 322 g/mol. The van der Waals surface area contributed by atoms with Gasteiger partial charge in [0.05, 0.1) is 0 Å². The summed E-state index contributed by atoms with van der Waals surface area (Å²) in [7, 11) is 6.02. The molecule has 0 amide bonds. The Labute approximate surface area is 139 Å². The Bertz CT molecular complexity index is 446. The van der Waals surface area contributed by atoms with Crippen LogP contribution in [-0.4, -0.2) is 50.6 Å². The first-order chi connectivity index (χ1) is 10.7. The van der Waals surface area contributed by atoms with E-state index in [1.54, 1.807) is 0 Å². The Morgan fingerprint density at radius 1 is 1.14 bits per heavy atom. The molecule has 0 aromatic heterocycles. The third-order valence-corrected chi connectivity index (χ3v) is 4.04. The van der Waals surface area contributed by atoms with E-state index in [2.05, 4.69) is 65.1 Å². The molecule has 0 aliphatic heterocycles. The average molecular weight is 323 g/mol. The Kier molecular flexibility index (Phi) is 9.75. The Balaban J connectivity index is 2.43. The van der Waals surface area contributed by atoms with Gasteiger partial charge in [-0.2, -0.15) is 11.8 Å². The molecule has 0 unspecified atom stereocenters. The zero-order chi connectivity index (χ0) is 16.2. The van der Waals surface area contributed by atoms with Gasteiger partial charge in [0.25, 0.3) is 0 Å². The second-order valence-corrected chi connectivity index (χ2v) is 6.54. The van der Waals surface area contributed by atoms with E-state index < -0.39 is 0 Å².